The van der Waals surface area contributed by atoms with Gasteiger partial charge in [0.05, 0.1) is 0 Å². The summed E-state index contributed by atoms with van der Waals surface area (Å²) in [7, 11) is 0. The molecule has 1 aliphatic carbocycles. The van der Waals surface area contributed by atoms with Gasteiger partial charge in [-0.2, -0.15) is 4.98 Å². The summed E-state index contributed by atoms with van der Waals surface area (Å²) in [5.41, 5.74) is 0. The smallest absolute Gasteiger partial charge is 0.394 e. The van der Waals surface area contributed by atoms with E-state index in [1.54, 1.807) is 0 Å². The Morgan fingerprint density at radius 3 is 2.82 bits per heavy atom. The summed E-state index contributed by atoms with van der Waals surface area (Å²) in [4.78, 5) is 14.0. The highest BCUT2D eigenvalue weighted by molar-refractivity contribution is 5.81. The van der Waals surface area contributed by atoms with E-state index in [1.165, 1.54) is 0 Å². The van der Waals surface area contributed by atoms with Crippen LogP contribution in [0.4, 0.5) is 0 Å². The van der Waals surface area contributed by atoms with Crippen molar-refractivity contribution in [3.63, 3.8) is 0 Å². The van der Waals surface area contributed by atoms with Crippen molar-refractivity contribution in [1.82, 2.24) is 10.1 Å². The molecule has 5 heteroatoms. The average Bonchev–Trinajstić information content (AvgIpc) is 2.68. The maximum atomic E-state index is 10.3. The zero-order chi connectivity index (χ0) is 7.84. The van der Waals surface area contributed by atoms with Crippen LogP contribution in [0.5, 0.6) is 0 Å². The molecule has 1 N–H and O–H groups in total. The van der Waals surface area contributed by atoms with Crippen molar-refractivity contribution in [2.75, 3.05) is 0 Å². The Hall–Kier alpha value is -1.39. The minimum Gasteiger partial charge on any atom is -0.474 e. The highest BCUT2D eigenvalue weighted by Crippen LogP contribution is 2.37. The second kappa shape index (κ2) is 2.05. The third-order valence-corrected chi connectivity index (χ3v) is 1.57. The molecule has 0 unspecified atom stereocenters. The summed E-state index contributed by atoms with van der Waals surface area (Å²) in [5.74, 6) is -0.606. The normalized spacial score (nSPS) is 16.7. The topological polar surface area (TPSA) is 76.2 Å². The van der Waals surface area contributed by atoms with Gasteiger partial charge < -0.3 is 9.63 Å². The molecule has 0 atom stereocenters. The fourth-order valence-corrected chi connectivity index (χ4v) is 0.829. The molecule has 0 bridgehead atoms. The van der Waals surface area contributed by atoms with E-state index >= 15 is 0 Å². The summed E-state index contributed by atoms with van der Waals surface area (Å²) < 4.78 is 4.47. The lowest BCUT2D eigenvalue weighted by molar-refractivity contribution is 0.0643. The molecule has 0 radical (unpaired) electrons. The van der Waals surface area contributed by atoms with Crippen LogP contribution in [0.25, 0.3) is 0 Å². The van der Waals surface area contributed by atoms with Gasteiger partial charge in [0.15, 0.2) is 5.82 Å². The number of nitrogens with zero attached hydrogens (tertiary/aromatic N) is 2. The van der Waals surface area contributed by atoms with E-state index in [-0.39, 0.29) is 5.89 Å². The minimum atomic E-state index is -1.16. The lowest BCUT2D eigenvalue weighted by Gasteiger charge is -1.78. The Bertz CT molecular complexity index is 290. The van der Waals surface area contributed by atoms with Crippen molar-refractivity contribution in [2.45, 2.75) is 18.8 Å². The standard InChI is InChI=1S/C6H6N2O3/c9-6(10)5-7-4(8-11-5)3-1-2-3/h3H,1-2H2,(H,9,10). The Balaban J connectivity index is 2.25. The van der Waals surface area contributed by atoms with Gasteiger partial charge in [0.1, 0.15) is 0 Å². The molecule has 0 aromatic carbocycles. The molecule has 2 rings (SSSR count). The van der Waals surface area contributed by atoms with Crippen LogP contribution in [-0.4, -0.2) is 21.2 Å². The monoisotopic (exact) mass is 154 g/mol. The summed E-state index contributed by atoms with van der Waals surface area (Å²) in [6.07, 6.45) is 2.08. The first kappa shape index (κ1) is 6.33. The van der Waals surface area contributed by atoms with Gasteiger partial charge in [-0.15, -0.1) is 0 Å². The van der Waals surface area contributed by atoms with Crippen molar-refractivity contribution in [2.24, 2.45) is 0 Å². The number of hydrogen-bond acceptors (Lipinski definition) is 4. The minimum absolute atomic E-state index is 0.313. The summed E-state index contributed by atoms with van der Waals surface area (Å²) >= 11 is 0. The third kappa shape index (κ3) is 1.09. The van der Waals surface area contributed by atoms with Gasteiger partial charge in [-0.25, -0.2) is 4.79 Å². The predicted octanol–water partition coefficient (Wildman–Crippen LogP) is 0.645. The summed E-state index contributed by atoms with van der Waals surface area (Å²) in [5, 5.41) is 11.9. The zero-order valence-corrected chi connectivity index (χ0v) is 5.65. The van der Waals surface area contributed by atoms with Crippen LogP contribution in [0.2, 0.25) is 0 Å². The maximum Gasteiger partial charge on any atom is 0.394 e. The van der Waals surface area contributed by atoms with Gasteiger partial charge in [-0.05, 0) is 12.8 Å². The van der Waals surface area contributed by atoms with Crippen LogP contribution in [0.1, 0.15) is 35.3 Å². The van der Waals surface area contributed by atoms with Crippen molar-refractivity contribution in [3.8, 4) is 0 Å². The van der Waals surface area contributed by atoms with E-state index in [9.17, 15) is 4.79 Å². The van der Waals surface area contributed by atoms with Gasteiger partial charge in [0.2, 0.25) is 0 Å². The summed E-state index contributed by atoms with van der Waals surface area (Å²) in [6, 6.07) is 0. The van der Waals surface area contributed by atoms with Crippen molar-refractivity contribution in [3.05, 3.63) is 11.7 Å². The fraction of sp³-hybridized carbons (Fsp3) is 0.500. The lowest BCUT2D eigenvalue weighted by Crippen LogP contribution is -1.95. The van der Waals surface area contributed by atoms with Crippen LogP contribution in [0, 0.1) is 0 Å². The first-order chi connectivity index (χ1) is 5.27. The largest absolute Gasteiger partial charge is 0.474 e. The van der Waals surface area contributed by atoms with Gasteiger partial charge in [-0.3, -0.25) is 0 Å². The molecule has 58 valence electrons. The van der Waals surface area contributed by atoms with Crippen LogP contribution >= 0.6 is 0 Å². The van der Waals surface area contributed by atoms with Gasteiger partial charge in [-0.1, -0.05) is 5.16 Å². The molecule has 5 nitrogen and oxygen atoms in total. The molecule has 1 fully saturated rings. The number of rotatable bonds is 2. The fourth-order valence-electron chi connectivity index (χ4n) is 0.829. The van der Waals surface area contributed by atoms with Gasteiger partial charge in [0.25, 0.3) is 0 Å². The van der Waals surface area contributed by atoms with Gasteiger partial charge >= 0.3 is 11.9 Å². The van der Waals surface area contributed by atoms with E-state index < -0.39 is 5.97 Å². The molecule has 1 aliphatic rings. The van der Waals surface area contributed by atoms with Crippen molar-refractivity contribution < 1.29 is 14.4 Å². The Morgan fingerprint density at radius 2 is 2.36 bits per heavy atom. The number of carbonyl (C=O) groups is 1. The molecule has 0 spiro atoms. The lowest BCUT2D eigenvalue weighted by atomic mass is 10.4. The SMILES string of the molecule is O=C(O)c1nc(C2CC2)no1. The van der Waals surface area contributed by atoms with Crippen molar-refractivity contribution in [1.29, 1.82) is 0 Å². The predicted molar refractivity (Wildman–Crippen MR) is 33.2 cm³/mol. The highest BCUT2D eigenvalue weighted by Gasteiger charge is 2.29. The van der Waals surface area contributed by atoms with Gasteiger partial charge in [0, 0.05) is 5.92 Å². The first-order valence-electron chi connectivity index (χ1n) is 3.34. The van der Waals surface area contributed by atoms with E-state index in [4.69, 9.17) is 5.11 Å². The molecular weight excluding hydrogens is 148 g/mol. The molecule has 1 aromatic rings. The van der Waals surface area contributed by atoms with Crippen LogP contribution in [0.3, 0.4) is 0 Å². The Labute approximate surface area is 62.0 Å². The molecule has 1 heterocycles. The number of aromatic carboxylic acids is 1. The molecule has 1 saturated carbocycles. The highest BCUT2D eigenvalue weighted by atomic mass is 16.5. The summed E-state index contributed by atoms with van der Waals surface area (Å²) in [6.45, 7) is 0. The number of carboxylic acid groups (broad SMARTS) is 1. The first-order valence-corrected chi connectivity index (χ1v) is 3.34. The maximum absolute atomic E-state index is 10.3. The molecule has 11 heavy (non-hydrogen) atoms. The van der Waals surface area contributed by atoms with E-state index in [0.29, 0.717) is 11.7 Å². The second-order valence-electron chi connectivity index (χ2n) is 2.54. The molecule has 0 amide bonds. The molecule has 0 aliphatic heterocycles. The molecular formula is C6H6N2O3. The number of hydrogen-bond donors (Lipinski definition) is 1. The Morgan fingerprint density at radius 1 is 1.64 bits per heavy atom. The average molecular weight is 154 g/mol. The zero-order valence-electron chi connectivity index (χ0n) is 5.65. The van der Waals surface area contributed by atoms with E-state index in [0.717, 1.165) is 12.8 Å². The molecule has 1 aromatic heterocycles. The van der Waals surface area contributed by atoms with Crippen LogP contribution in [-0.2, 0) is 0 Å². The molecule has 0 saturated heterocycles. The van der Waals surface area contributed by atoms with E-state index in [1.807, 2.05) is 0 Å². The van der Waals surface area contributed by atoms with Crippen molar-refractivity contribution >= 4 is 5.97 Å². The van der Waals surface area contributed by atoms with Crippen LogP contribution < -0.4 is 0 Å². The Kier molecular flexibility index (Phi) is 1.18. The second-order valence-corrected chi connectivity index (χ2v) is 2.54. The number of aromatic nitrogens is 2. The number of carboxylic acids is 1. The third-order valence-electron chi connectivity index (χ3n) is 1.57. The quantitative estimate of drug-likeness (QED) is 0.676. The van der Waals surface area contributed by atoms with Crippen LogP contribution in [0.15, 0.2) is 4.52 Å². The van der Waals surface area contributed by atoms with E-state index in [2.05, 4.69) is 14.7 Å².